The van der Waals surface area contributed by atoms with Crippen LogP contribution in [0.3, 0.4) is 0 Å². The Kier molecular flexibility index (Phi) is 6.92. The van der Waals surface area contributed by atoms with Gasteiger partial charge in [-0.2, -0.15) is 9.97 Å². The van der Waals surface area contributed by atoms with Crippen LogP contribution in [0.5, 0.6) is 11.5 Å². The van der Waals surface area contributed by atoms with Gasteiger partial charge in [-0.3, -0.25) is 0 Å². The van der Waals surface area contributed by atoms with E-state index >= 15 is 0 Å². The maximum atomic E-state index is 5.67. The molecule has 33 heavy (non-hydrogen) atoms. The summed E-state index contributed by atoms with van der Waals surface area (Å²) in [6.07, 6.45) is 3.65. The first-order valence-corrected chi connectivity index (χ1v) is 12.1. The quantitative estimate of drug-likeness (QED) is 0.636. The Morgan fingerprint density at radius 3 is 2.30 bits per heavy atom. The summed E-state index contributed by atoms with van der Waals surface area (Å²) in [7, 11) is 0. The molecule has 0 aliphatic carbocycles. The molecule has 0 saturated carbocycles. The number of nitrogens with zero attached hydrogens (tertiary/aromatic N) is 4. The van der Waals surface area contributed by atoms with Crippen LogP contribution in [-0.2, 0) is 11.3 Å². The van der Waals surface area contributed by atoms with Gasteiger partial charge in [0.2, 0.25) is 5.95 Å². The molecule has 0 bridgehead atoms. The highest BCUT2D eigenvalue weighted by Gasteiger charge is 2.19. The second-order valence-electron chi connectivity index (χ2n) is 8.34. The van der Waals surface area contributed by atoms with E-state index in [1.807, 2.05) is 18.2 Å². The summed E-state index contributed by atoms with van der Waals surface area (Å²) < 4.78 is 16.8. The van der Waals surface area contributed by atoms with Gasteiger partial charge in [0, 0.05) is 38.8 Å². The van der Waals surface area contributed by atoms with Crippen molar-refractivity contribution in [3.8, 4) is 11.5 Å². The van der Waals surface area contributed by atoms with Gasteiger partial charge in [-0.25, -0.2) is 0 Å². The summed E-state index contributed by atoms with van der Waals surface area (Å²) in [6, 6.07) is 8.01. The fourth-order valence-electron chi connectivity index (χ4n) is 4.24. The van der Waals surface area contributed by atoms with Crippen molar-refractivity contribution >= 4 is 34.9 Å². The monoisotopic (exact) mass is 470 g/mol. The van der Waals surface area contributed by atoms with E-state index in [2.05, 4.69) is 26.5 Å². The molecule has 3 aliphatic heterocycles. The van der Waals surface area contributed by atoms with Gasteiger partial charge in [0.05, 0.1) is 13.2 Å². The molecule has 2 fully saturated rings. The molecule has 4 heterocycles. The highest BCUT2D eigenvalue weighted by molar-refractivity contribution is 7.80. The zero-order chi connectivity index (χ0) is 22.5. The van der Waals surface area contributed by atoms with Crippen molar-refractivity contribution in [3.63, 3.8) is 0 Å². The number of piperidine rings is 1. The Labute approximate surface area is 199 Å². The van der Waals surface area contributed by atoms with Crippen molar-refractivity contribution in [2.45, 2.75) is 25.8 Å². The predicted molar refractivity (Wildman–Crippen MR) is 132 cm³/mol. The number of anilines is 3. The van der Waals surface area contributed by atoms with E-state index < -0.39 is 0 Å². The zero-order valence-electron chi connectivity index (χ0n) is 18.7. The number of rotatable bonds is 5. The van der Waals surface area contributed by atoms with Crippen molar-refractivity contribution in [2.75, 3.05) is 67.7 Å². The number of morpholine rings is 1. The minimum absolute atomic E-state index is 0.480. The molecule has 2 saturated heterocycles. The van der Waals surface area contributed by atoms with E-state index in [9.17, 15) is 0 Å². The average molecular weight is 471 g/mol. The van der Waals surface area contributed by atoms with Crippen molar-refractivity contribution in [1.82, 2.24) is 15.3 Å². The number of hydrogen-bond acceptors (Lipinski definition) is 8. The fraction of sp³-hybridized carbons (Fsp3) is 0.522. The van der Waals surface area contributed by atoms with Gasteiger partial charge in [-0.1, -0.05) is 6.07 Å². The number of hydrogen-bond donors (Lipinski definition) is 2. The van der Waals surface area contributed by atoms with E-state index in [-0.39, 0.29) is 0 Å². The molecule has 0 unspecified atom stereocenters. The summed E-state index contributed by atoms with van der Waals surface area (Å²) in [5, 5.41) is 6.92. The minimum Gasteiger partial charge on any atom is -0.486 e. The molecular weight excluding hydrogens is 440 g/mol. The third-order valence-electron chi connectivity index (χ3n) is 6.00. The van der Waals surface area contributed by atoms with Gasteiger partial charge in [0.1, 0.15) is 24.8 Å². The molecule has 10 heteroatoms. The lowest BCUT2D eigenvalue weighted by Gasteiger charge is -2.31. The largest absolute Gasteiger partial charge is 0.486 e. The van der Waals surface area contributed by atoms with Crippen LogP contribution in [0.2, 0.25) is 0 Å². The molecule has 2 N–H and O–H groups in total. The number of thiocarbonyl (C=S) groups is 1. The second-order valence-corrected chi connectivity index (χ2v) is 8.75. The van der Waals surface area contributed by atoms with Crippen molar-refractivity contribution in [1.29, 1.82) is 0 Å². The Bertz CT molecular complexity index is 942. The van der Waals surface area contributed by atoms with Crippen LogP contribution in [0.25, 0.3) is 0 Å². The van der Waals surface area contributed by atoms with Gasteiger partial charge in [0.15, 0.2) is 16.6 Å². The van der Waals surface area contributed by atoms with Crippen LogP contribution in [0, 0.1) is 0 Å². The number of nitrogens with one attached hydrogen (secondary N) is 2. The number of ether oxygens (including phenoxy) is 3. The topological polar surface area (TPSA) is 84.0 Å². The summed E-state index contributed by atoms with van der Waals surface area (Å²) in [4.78, 5) is 14.1. The molecular formula is C23H30N6O3S. The van der Waals surface area contributed by atoms with Crippen LogP contribution in [-0.4, -0.2) is 67.7 Å². The predicted octanol–water partition coefficient (Wildman–Crippen LogP) is 2.56. The van der Waals surface area contributed by atoms with E-state index in [0.29, 0.717) is 44.0 Å². The molecule has 0 spiro atoms. The van der Waals surface area contributed by atoms with Crippen LogP contribution in [0.1, 0.15) is 24.8 Å². The van der Waals surface area contributed by atoms with Gasteiger partial charge in [-0.15, -0.1) is 0 Å². The molecule has 5 rings (SSSR count). The minimum atomic E-state index is 0.480. The first kappa shape index (κ1) is 22.0. The van der Waals surface area contributed by atoms with Crippen LogP contribution < -0.4 is 29.9 Å². The molecule has 2 aromatic rings. The molecule has 0 radical (unpaired) electrons. The standard InChI is InChI=1S/C23H30N6O3S/c33-23(24-16-17-4-5-18-19(14-17)32-13-12-31-18)27-22-25-20(28-6-2-1-3-7-28)15-21(26-22)29-8-10-30-11-9-29/h4-5,14-15H,1-3,6-13,16H2,(H2,24,25,26,27,33). The fourth-order valence-corrected chi connectivity index (χ4v) is 4.41. The molecule has 176 valence electrons. The van der Waals surface area contributed by atoms with Gasteiger partial charge in [0.25, 0.3) is 0 Å². The summed E-state index contributed by atoms with van der Waals surface area (Å²) >= 11 is 5.55. The lowest BCUT2D eigenvalue weighted by molar-refractivity contribution is 0.122. The van der Waals surface area contributed by atoms with Gasteiger partial charge in [-0.05, 0) is 49.2 Å². The molecule has 9 nitrogen and oxygen atoms in total. The Balaban J connectivity index is 1.27. The number of benzene rings is 1. The Morgan fingerprint density at radius 1 is 0.848 bits per heavy atom. The SMILES string of the molecule is S=C(NCc1ccc2c(c1)OCCO2)Nc1nc(N2CCCCC2)cc(N2CCOCC2)n1. The molecule has 0 atom stereocenters. The number of fused-ring (bicyclic) bond motifs is 1. The average Bonchev–Trinajstić information content (AvgIpc) is 2.88. The zero-order valence-corrected chi connectivity index (χ0v) is 19.5. The van der Waals surface area contributed by atoms with E-state index in [1.165, 1.54) is 19.3 Å². The van der Waals surface area contributed by atoms with Crippen LogP contribution >= 0.6 is 12.2 Å². The van der Waals surface area contributed by atoms with E-state index in [4.69, 9.17) is 36.4 Å². The van der Waals surface area contributed by atoms with E-state index in [0.717, 1.165) is 54.9 Å². The van der Waals surface area contributed by atoms with Gasteiger partial charge >= 0.3 is 0 Å². The third-order valence-corrected chi connectivity index (χ3v) is 6.25. The second kappa shape index (κ2) is 10.4. The Hall–Kier alpha value is -2.85. The lowest BCUT2D eigenvalue weighted by Crippen LogP contribution is -2.38. The summed E-state index contributed by atoms with van der Waals surface area (Å²) in [5.41, 5.74) is 1.06. The summed E-state index contributed by atoms with van der Waals surface area (Å²) in [6.45, 7) is 6.82. The van der Waals surface area contributed by atoms with Crippen molar-refractivity contribution < 1.29 is 14.2 Å². The first-order valence-electron chi connectivity index (χ1n) is 11.6. The summed E-state index contributed by atoms with van der Waals surface area (Å²) in [5.74, 6) is 3.92. The van der Waals surface area contributed by atoms with Crippen molar-refractivity contribution in [2.24, 2.45) is 0 Å². The van der Waals surface area contributed by atoms with Crippen molar-refractivity contribution in [3.05, 3.63) is 29.8 Å². The normalized spacial score (nSPS) is 18.1. The van der Waals surface area contributed by atoms with Crippen LogP contribution in [0.15, 0.2) is 24.3 Å². The molecule has 1 aromatic heterocycles. The molecule has 3 aliphatic rings. The van der Waals surface area contributed by atoms with Crippen LogP contribution in [0.4, 0.5) is 17.6 Å². The maximum Gasteiger partial charge on any atom is 0.232 e. The molecule has 0 amide bonds. The smallest absolute Gasteiger partial charge is 0.232 e. The Morgan fingerprint density at radius 2 is 1.55 bits per heavy atom. The maximum absolute atomic E-state index is 5.67. The van der Waals surface area contributed by atoms with Gasteiger partial charge < -0.3 is 34.6 Å². The first-order chi connectivity index (χ1) is 16.2. The van der Waals surface area contributed by atoms with E-state index in [1.54, 1.807) is 0 Å². The highest BCUT2D eigenvalue weighted by atomic mass is 32.1. The lowest BCUT2D eigenvalue weighted by atomic mass is 10.1. The highest BCUT2D eigenvalue weighted by Crippen LogP contribution is 2.30. The number of aromatic nitrogens is 2. The molecule has 1 aromatic carbocycles. The third kappa shape index (κ3) is 5.56.